The van der Waals surface area contributed by atoms with E-state index in [1.165, 1.54) is 9.87 Å². The standard InChI is InChI=1S/C20H26N2O3S2/c1-4-19(22(27(3,24)25)17-8-6-5-7-9-17)20(23)21-14-15-26-18-12-10-16(2)11-13-18/h5-13,19H,4,14-15H2,1-3H3,(H,21,23). The summed E-state index contributed by atoms with van der Waals surface area (Å²) in [6.07, 6.45) is 1.52. The normalized spacial score (nSPS) is 12.4. The number of amides is 1. The highest BCUT2D eigenvalue weighted by molar-refractivity contribution is 7.99. The van der Waals surface area contributed by atoms with E-state index < -0.39 is 16.1 Å². The molecule has 2 aromatic carbocycles. The molecule has 0 bridgehead atoms. The van der Waals surface area contributed by atoms with E-state index in [2.05, 4.69) is 29.6 Å². The second-order valence-electron chi connectivity index (χ2n) is 6.27. The Bertz CT molecular complexity index is 837. The van der Waals surface area contributed by atoms with E-state index in [0.717, 1.165) is 16.9 Å². The Morgan fingerprint density at radius 2 is 1.74 bits per heavy atom. The highest BCUT2D eigenvalue weighted by Crippen LogP contribution is 2.22. The number of benzene rings is 2. The van der Waals surface area contributed by atoms with Crippen LogP contribution in [0.25, 0.3) is 0 Å². The minimum Gasteiger partial charge on any atom is -0.353 e. The van der Waals surface area contributed by atoms with Crippen LogP contribution in [0, 0.1) is 6.92 Å². The topological polar surface area (TPSA) is 66.5 Å². The Labute approximate surface area is 166 Å². The van der Waals surface area contributed by atoms with Crippen LogP contribution >= 0.6 is 11.8 Å². The van der Waals surface area contributed by atoms with Crippen LogP contribution < -0.4 is 9.62 Å². The number of anilines is 1. The monoisotopic (exact) mass is 406 g/mol. The zero-order valence-electron chi connectivity index (χ0n) is 15.9. The molecule has 2 rings (SSSR count). The van der Waals surface area contributed by atoms with Gasteiger partial charge >= 0.3 is 0 Å². The van der Waals surface area contributed by atoms with E-state index in [4.69, 9.17) is 0 Å². The van der Waals surface area contributed by atoms with Gasteiger partial charge in [-0.3, -0.25) is 9.10 Å². The molecule has 0 saturated heterocycles. The molecular formula is C20H26N2O3S2. The van der Waals surface area contributed by atoms with Crippen molar-refractivity contribution in [2.24, 2.45) is 0 Å². The molecule has 146 valence electrons. The van der Waals surface area contributed by atoms with Crippen LogP contribution in [-0.4, -0.2) is 38.9 Å². The predicted molar refractivity (Wildman–Crippen MR) is 113 cm³/mol. The number of rotatable bonds is 9. The Morgan fingerprint density at radius 3 is 2.30 bits per heavy atom. The van der Waals surface area contributed by atoms with Gasteiger partial charge < -0.3 is 5.32 Å². The molecule has 7 heteroatoms. The summed E-state index contributed by atoms with van der Waals surface area (Å²) in [4.78, 5) is 13.8. The SMILES string of the molecule is CCC(C(=O)NCCSc1ccc(C)cc1)N(c1ccccc1)S(C)(=O)=O. The van der Waals surface area contributed by atoms with Crippen molar-refractivity contribution in [1.29, 1.82) is 0 Å². The summed E-state index contributed by atoms with van der Waals surface area (Å²) >= 11 is 1.65. The number of aryl methyl sites for hydroxylation is 1. The molecule has 2 aromatic rings. The molecule has 1 amide bonds. The summed E-state index contributed by atoms with van der Waals surface area (Å²) in [6, 6.07) is 16.2. The quantitative estimate of drug-likeness (QED) is 0.512. The molecule has 27 heavy (non-hydrogen) atoms. The number of carbonyl (C=O) groups excluding carboxylic acids is 1. The third-order valence-corrected chi connectivity index (χ3v) is 6.23. The zero-order chi connectivity index (χ0) is 19.9. The van der Waals surface area contributed by atoms with Gasteiger partial charge in [0.1, 0.15) is 6.04 Å². The molecular weight excluding hydrogens is 380 g/mol. The maximum absolute atomic E-state index is 12.7. The van der Waals surface area contributed by atoms with Crippen molar-refractivity contribution in [3.63, 3.8) is 0 Å². The molecule has 5 nitrogen and oxygen atoms in total. The third-order valence-electron chi connectivity index (χ3n) is 4.03. The van der Waals surface area contributed by atoms with Crippen LogP contribution in [0.5, 0.6) is 0 Å². The summed E-state index contributed by atoms with van der Waals surface area (Å²) in [5.41, 5.74) is 1.70. The third kappa shape index (κ3) is 6.29. The molecule has 0 aliphatic carbocycles. The van der Waals surface area contributed by atoms with E-state index >= 15 is 0 Å². The van der Waals surface area contributed by atoms with Gasteiger partial charge in [-0.2, -0.15) is 0 Å². The van der Waals surface area contributed by atoms with Crippen molar-refractivity contribution < 1.29 is 13.2 Å². The van der Waals surface area contributed by atoms with Crippen LogP contribution in [0.4, 0.5) is 5.69 Å². The summed E-state index contributed by atoms with van der Waals surface area (Å²) in [5, 5.41) is 2.87. The molecule has 1 atom stereocenters. The largest absolute Gasteiger partial charge is 0.353 e. The summed E-state index contributed by atoms with van der Waals surface area (Å²) < 4.78 is 25.8. The number of hydrogen-bond acceptors (Lipinski definition) is 4. The number of nitrogens with one attached hydrogen (secondary N) is 1. The van der Waals surface area contributed by atoms with E-state index in [1.807, 2.05) is 19.9 Å². The molecule has 0 aliphatic heterocycles. The van der Waals surface area contributed by atoms with Gasteiger partial charge in [0.15, 0.2) is 0 Å². The first-order chi connectivity index (χ1) is 12.8. The predicted octanol–water partition coefficient (Wildman–Crippen LogP) is 3.45. The summed E-state index contributed by atoms with van der Waals surface area (Å²) in [6.45, 7) is 4.33. The number of para-hydroxylation sites is 1. The van der Waals surface area contributed by atoms with E-state index in [9.17, 15) is 13.2 Å². The first kappa shape index (κ1) is 21.3. The Hall–Kier alpha value is -1.99. The molecule has 0 radical (unpaired) electrons. The van der Waals surface area contributed by atoms with Crippen molar-refractivity contribution in [1.82, 2.24) is 5.32 Å². The van der Waals surface area contributed by atoms with Crippen LogP contribution in [0.15, 0.2) is 59.5 Å². The van der Waals surface area contributed by atoms with Crippen molar-refractivity contribution in [3.05, 3.63) is 60.2 Å². The molecule has 0 aromatic heterocycles. The number of carbonyl (C=O) groups is 1. The molecule has 0 spiro atoms. The maximum atomic E-state index is 12.7. The Balaban J connectivity index is 1.99. The van der Waals surface area contributed by atoms with Gasteiger partial charge in [0, 0.05) is 17.2 Å². The second-order valence-corrected chi connectivity index (χ2v) is 9.30. The number of hydrogen-bond donors (Lipinski definition) is 1. The maximum Gasteiger partial charge on any atom is 0.243 e. The van der Waals surface area contributed by atoms with Gasteiger partial charge in [0.2, 0.25) is 15.9 Å². The number of thioether (sulfide) groups is 1. The Kier molecular flexibility index (Phi) is 7.74. The molecule has 0 fully saturated rings. The van der Waals surface area contributed by atoms with Crippen molar-refractivity contribution in [3.8, 4) is 0 Å². The van der Waals surface area contributed by atoms with E-state index in [-0.39, 0.29) is 5.91 Å². The number of sulfonamides is 1. The molecule has 0 heterocycles. The van der Waals surface area contributed by atoms with Gasteiger partial charge in [-0.15, -0.1) is 11.8 Å². The second kappa shape index (κ2) is 9.80. The van der Waals surface area contributed by atoms with Gasteiger partial charge in [-0.1, -0.05) is 42.8 Å². The van der Waals surface area contributed by atoms with Crippen molar-refractivity contribution in [2.45, 2.75) is 31.2 Å². The summed E-state index contributed by atoms with van der Waals surface area (Å²) in [5.74, 6) is 0.436. The molecule has 0 aliphatic rings. The van der Waals surface area contributed by atoms with Gasteiger partial charge in [-0.25, -0.2) is 8.42 Å². The highest BCUT2D eigenvalue weighted by Gasteiger charge is 2.31. The lowest BCUT2D eigenvalue weighted by molar-refractivity contribution is -0.122. The fourth-order valence-electron chi connectivity index (χ4n) is 2.73. The van der Waals surface area contributed by atoms with E-state index in [1.54, 1.807) is 36.0 Å². The molecule has 1 N–H and O–H groups in total. The first-order valence-electron chi connectivity index (χ1n) is 8.84. The Morgan fingerprint density at radius 1 is 1.11 bits per heavy atom. The average Bonchev–Trinajstić information content (AvgIpc) is 2.64. The molecule has 1 unspecified atom stereocenters. The van der Waals surface area contributed by atoms with Crippen LogP contribution in [-0.2, 0) is 14.8 Å². The number of nitrogens with zero attached hydrogens (tertiary/aromatic N) is 1. The highest BCUT2D eigenvalue weighted by atomic mass is 32.2. The van der Waals surface area contributed by atoms with Crippen LogP contribution in [0.1, 0.15) is 18.9 Å². The zero-order valence-corrected chi connectivity index (χ0v) is 17.5. The smallest absolute Gasteiger partial charge is 0.243 e. The average molecular weight is 407 g/mol. The summed E-state index contributed by atoms with van der Waals surface area (Å²) in [7, 11) is -3.58. The van der Waals surface area contributed by atoms with Gasteiger partial charge in [0.25, 0.3) is 0 Å². The van der Waals surface area contributed by atoms with Gasteiger partial charge in [0.05, 0.1) is 11.9 Å². The van der Waals surface area contributed by atoms with Crippen LogP contribution in [0.2, 0.25) is 0 Å². The fourth-order valence-corrected chi connectivity index (χ4v) is 4.71. The molecule has 0 saturated carbocycles. The lowest BCUT2D eigenvalue weighted by atomic mass is 10.2. The minimum atomic E-state index is -3.58. The van der Waals surface area contributed by atoms with E-state index in [0.29, 0.717) is 18.7 Å². The van der Waals surface area contributed by atoms with Gasteiger partial charge in [-0.05, 0) is 37.6 Å². The lowest BCUT2D eigenvalue weighted by Gasteiger charge is -2.30. The van der Waals surface area contributed by atoms with Crippen molar-refractivity contribution in [2.75, 3.05) is 22.9 Å². The fraction of sp³-hybridized carbons (Fsp3) is 0.350. The van der Waals surface area contributed by atoms with Crippen molar-refractivity contribution >= 4 is 33.4 Å². The lowest BCUT2D eigenvalue weighted by Crippen LogP contribution is -2.49. The minimum absolute atomic E-state index is 0.281. The first-order valence-corrected chi connectivity index (χ1v) is 11.7. The van der Waals surface area contributed by atoms with Crippen LogP contribution in [0.3, 0.4) is 0 Å².